The van der Waals surface area contributed by atoms with E-state index < -0.39 is 0 Å². The lowest BCUT2D eigenvalue weighted by Gasteiger charge is -2.09. The highest BCUT2D eigenvalue weighted by molar-refractivity contribution is 9.10. The smallest absolute Gasteiger partial charge is 0.156 e. The predicted molar refractivity (Wildman–Crippen MR) is 74.6 cm³/mol. The van der Waals surface area contributed by atoms with Gasteiger partial charge in [-0.25, -0.2) is 9.97 Å². The van der Waals surface area contributed by atoms with Crippen LogP contribution in [0.4, 0.5) is 11.5 Å². The van der Waals surface area contributed by atoms with Gasteiger partial charge in [-0.1, -0.05) is 27.5 Å². The van der Waals surface area contributed by atoms with Gasteiger partial charge in [0.15, 0.2) is 6.29 Å². The van der Waals surface area contributed by atoms with Gasteiger partial charge in [0.05, 0.1) is 16.8 Å². The Bertz CT molecular complexity index is 684. The van der Waals surface area contributed by atoms with Crippen molar-refractivity contribution < 1.29 is 4.79 Å². The molecule has 0 radical (unpaired) electrons. The van der Waals surface area contributed by atoms with Gasteiger partial charge in [0, 0.05) is 4.47 Å². The Labute approximate surface area is 122 Å². The van der Waals surface area contributed by atoms with Crippen LogP contribution in [0, 0.1) is 11.3 Å². The van der Waals surface area contributed by atoms with E-state index >= 15 is 0 Å². The van der Waals surface area contributed by atoms with Crippen molar-refractivity contribution in [1.29, 1.82) is 5.26 Å². The molecule has 94 valence electrons. The van der Waals surface area contributed by atoms with Gasteiger partial charge >= 0.3 is 0 Å². The van der Waals surface area contributed by atoms with Crippen LogP contribution in [-0.2, 0) is 0 Å². The minimum absolute atomic E-state index is 0.0565. The maximum Gasteiger partial charge on any atom is 0.156 e. The first kappa shape index (κ1) is 13.5. The van der Waals surface area contributed by atoms with E-state index in [1.165, 1.54) is 6.33 Å². The second kappa shape index (κ2) is 5.78. The highest BCUT2D eigenvalue weighted by Gasteiger charge is 2.11. The molecule has 0 atom stereocenters. The molecule has 0 aliphatic rings. The molecule has 0 bridgehead atoms. The van der Waals surface area contributed by atoms with E-state index in [2.05, 4.69) is 31.2 Å². The number of halogens is 2. The quantitative estimate of drug-likeness (QED) is 0.686. The minimum Gasteiger partial charge on any atom is -0.338 e. The largest absolute Gasteiger partial charge is 0.338 e. The van der Waals surface area contributed by atoms with Crippen LogP contribution in [0.3, 0.4) is 0 Å². The van der Waals surface area contributed by atoms with E-state index in [0.717, 1.165) is 4.47 Å². The van der Waals surface area contributed by atoms with E-state index in [4.69, 9.17) is 16.9 Å². The third-order valence-electron chi connectivity index (χ3n) is 2.31. The standard InChI is InChI=1S/C12H6BrClN4O/c13-8-2-1-7(4-15)10(3-8)18-12-9(5-19)11(14)16-6-17-12/h1-3,5-6H,(H,16,17,18). The number of benzene rings is 1. The molecule has 1 aromatic carbocycles. The van der Waals surface area contributed by atoms with Crippen LogP contribution < -0.4 is 5.32 Å². The summed E-state index contributed by atoms with van der Waals surface area (Å²) in [5.41, 5.74) is 1.09. The monoisotopic (exact) mass is 336 g/mol. The molecule has 1 heterocycles. The third kappa shape index (κ3) is 2.89. The Morgan fingerprint density at radius 2 is 2.21 bits per heavy atom. The van der Waals surface area contributed by atoms with Gasteiger partial charge in [-0.05, 0) is 18.2 Å². The zero-order valence-corrected chi connectivity index (χ0v) is 11.7. The van der Waals surface area contributed by atoms with Gasteiger partial charge < -0.3 is 5.32 Å². The van der Waals surface area contributed by atoms with Crippen molar-refractivity contribution in [2.24, 2.45) is 0 Å². The Hall–Kier alpha value is -1.97. The number of carbonyl (C=O) groups excluding carboxylic acids is 1. The molecule has 0 unspecified atom stereocenters. The molecule has 1 N–H and O–H groups in total. The molecule has 0 aliphatic carbocycles. The van der Waals surface area contributed by atoms with E-state index in [1.807, 2.05) is 6.07 Å². The summed E-state index contributed by atoms with van der Waals surface area (Å²) in [6.45, 7) is 0. The average Bonchev–Trinajstić information content (AvgIpc) is 2.39. The summed E-state index contributed by atoms with van der Waals surface area (Å²) in [6.07, 6.45) is 1.80. The van der Waals surface area contributed by atoms with Gasteiger partial charge in [0.25, 0.3) is 0 Å². The van der Waals surface area contributed by atoms with Crippen LogP contribution in [0.15, 0.2) is 29.0 Å². The normalized spacial score (nSPS) is 9.74. The fraction of sp³-hybridized carbons (Fsp3) is 0. The van der Waals surface area contributed by atoms with E-state index in [-0.39, 0.29) is 16.5 Å². The molecule has 2 rings (SSSR count). The van der Waals surface area contributed by atoms with Gasteiger partial charge in [-0.3, -0.25) is 4.79 Å². The van der Waals surface area contributed by atoms with E-state index in [1.54, 1.807) is 18.2 Å². The molecule has 5 nitrogen and oxygen atoms in total. The van der Waals surface area contributed by atoms with Crippen molar-refractivity contribution >= 4 is 45.3 Å². The molecule has 0 saturated carbocycles. The summed E-state index contributed by atoms with van der Waals surface area (Å²) in [5.74, 6) is 0.254. The number of nitriles is 1. The van der Waals surface area contributed by atoms with Crippen molar-refractivity contribution in [3.8, 4) is 6.07 Å². The van der Waals surface area contributed by atoms with Crippen molar-refractivity contribution in [2.45, 2.75) is 0 Å². The maximum absolute atomic E-state index is 11.0. The molecule has 0 fully saturated rings. The molecule has 0 spiro atoms. The highest BCUT2D eigenvalue weighted by Crippen LogP contribution is 2.26. The molecule has 0 amide bonds. The van der Waals surface area contributed by atoms with Gasteiger partial charge in [0.2, 0.25) is 0 Å². The van der Waals surface area contributed by atoms with Crippen molar-refractivity contribution in [3.63, 3.8) is 0 Å². The second-order valence-corrected chi connectivity index (χ2v) is 4.75. The summed E-state index contributed by atoms with van der Waals surface area (Å²) in [5, 5.41) is 12.0. The fourth-order valence-corrected chi connectivity index (χ4v) is 1.96. The predicted octanol–water partition coefficient (Wildman–Crippen LogP) is 3.32. The average molecular weight is 338 g/mol. The number of hydrogen-bond donors (Lipinski definition) is 1. The Balaban J connectivity index is 2.48. The number of nitrogens with zero attached hydrogens (tertiary/aromatic N) is 3. The zero-order chi connectivity index (χ0) is 13.8. The number of aromatic nitrogens is 2. The first-order valence-corrected chi connectivity index (χ1v) is 6.25. The van der Waals surface area contributed by atoms with Crippen LogP contribution in [0.1, 0.15) is 15.9 Å². The topological polar surface area (TPSA) is 78.7 Å². The highest BCUT2D eigenvalue weighted by atomic mass is 79.9. The molecule has 2 aromatic rings. The lowest BCUT2D eigenvalue weighted by Crippen LogP contribution is -2.02. The molecule has 0 aliphatic heterocycles. The van der Waals surface area contributed by atoms with Gasteiger partial charge in [-0.15, -0.1) is 0 Å². The maximum atomic E-state index is 11.0. The summed E-state index contributed by atoms with van der Waals surface area (Å²) < 4.78 is 0.793. The number of anilines is 2. The number of nitrogens with one attached hydrogen (secondary N) is 1. The number of aldehydes is 1. The van der Waals surface area contributed by atoms with E-state index in [0.29, 0.717) is 17.5 Å². The van der Waals surface area contributed by atoms with Crippen LogP contribution in [0.25, 0.3) is 0 Å². The molecule has 0 saturated heterocycles. The summed E-state index contributed by atoms with van der Waals surface area (Å²) in [6, 6.07) is 7.15. The van der Waals surface area contributed by atoms with Gasteiger partial charge in [-0.2, -0.15) is 5.26 Å². The van der Waals surface area contributed by atoms with Crippen LogP contribution in [0.5, 0.6) is 0 Å². The van der Waals surface area contributed by atoms with E-state index in [9.17, 15) is 4.79 Å². The van der Waals surface area contributed by atoms with Crippen LogP contribution in [0.2, 0.25) is 5.15 Å². The van der Waals surface area contributed by atoms with Crippen molar-refractivity contribution in [1.82, 2.24) is 9.97 Å². The van der Waals surface area contributed by atoms with Gasteiger partial charge in [0.1, 0.15) is 23.4 Å². The lowest BCUT2D eigenvalue weighted by atomic mass is 10.2. The molecule has 19 heavy (non-hydrogen) atoms. The zero-order valence-electron chi connectivity index (χ0n) is 9.39. The molecule has 1 aromatic heterocycles. The minimum atomic E-state index is 0.0565. The Morgan fingerprint density at radius 3 is 2.89 bits per heavy atom. The molecular weight excluding hydrogens is 332 g/mol. The summed E-state index contributed by atoms with van der Waals surface area (Å²) in [7, 11) is 0. The fourth-order valence-electron chi connectivity index (χ4n) is 1.42. The lowest BCUT2D eigenvalue weighted by molar-refractivity contribution is 0.112. The molecular formula is C12H6BrClN4O. The van der Waals surface area contributed by atoms with Crippen LogP contribution in [-0.4, -0.2) is 16.3 Å². The number of rotatable bonds is 3. The summed E-state index contributed by atoms with van der Waals surface area (Å²) in [4.78, 5) is 18.7. The van der Waals surface area contributed by atoms with Crippen molar-refractivity contribution in [2.75, 3.05) is 5.32 Å². The second-order valence-electron chi connectivity index (χ2n) is 3.47. The van der Waals surface area contributed by atoms with Crippen LogP contribution >= 0.6 is 27.5 Å². The Morgan fingerprint density at radius 1 is 1.42 bits per heavy atom. The first-order valence-electron chi connectivity index (χ1n) is 5.08. The third-order valence-corrected chi connectivity index (χ3v) is 3.10. The SMILES string of the molecule is N#Cc1ccc(Br)cc1Nc1ncnc(Cl)c1C=O. The Kier molecular flexibility index (Phi) is 4.10. The number of hydrogen-bond acceptors (Lipinski definition) is 5. The number of carbonyl (C=O) groups is 1. The van der Waals surface area contributed by atoms with Crippen molar-refractivity contribution in [3.05, 3.63) is 45.3 Å². The first-order chi connectivity index (χ1) is 9.15. The summed E-state index contributed by atoms with van der Waals surface area (Å²) >= 11 is 9.12. The molecule has 7 heteroatoms.